The van der Waals surface area contributed by atoms with Crippen LogP contribution in [0, 0.1) is 5.92 Å². The molecule has 1 unspecified atom stereocenters. The van der Waals surface area contributed by atoms with Gasteiger partial charge in [0.2, 0.25) is 0 Å². The Morgan fingerprint density at radius 1 is 1.18 bits per heavy atom. The second kappa shape index (κ2) is 14.4. The van der Waals surface area contributed by atoms with Crippen LogP contribution in [-0.4, -0.2) is 72.8 Å². The molecule has 3 heterocycles. The van der Waals surface area contributed by atoms with Crippen LogP contribution in [0.2, 0.25) is 0 Å². The van der Waals surface area contributed by atoms with Gasteiger partial charge < -0.3 is 14.5 Å². The number of ether oxygens (including phenoxy) is 2. The number of carbonyl (C=O) groups is 1. The molecule has 2 bridgehead atoms. The Morgan fingerprint density at radius 2 is 2.02 bits per heavy atom. The van der Waals surface area contributed by atoms with Crippen LogP contribution >= 0.6 is 0 Å². The van der Waals surface area contributed by atoms with Crippen molar-refractivity contribution >= 4 is 22.5 Å². The van der Waals surface area contributed by atoms with E-state index in [2.05, 4.69) is 28.0 Å². The van der Waals surface area contributed by atoms with E-state index in [1.165, 1.54) is 6.42 Å². The van der Waals surface area contributed by atoms with Gasteiger partial charge in [-0.2, -0.15) is 0 Å². The first-order chi connectivity index (χ1) is 19.4. The molecule has 4 rings (SSSR count). The number of likely N-dealkylation sites (tertiary alicyclic amines) is 1. The molecule has 0 spiro atoms. The number of H-pyrrole nitrogens is 1. The first-order valence-electron chi connectivity index (χ1n) is 14.4. The van der Waals surface area contributed by atoms with Gasteiger partial charge in [-0.1, -0.05) is 18.7 Å². The lowest BCUT2D eigenvalue weighted by Crippen LogP contribution is -2.41. The van der Waals surface area contributed by atoms with E-state index in [1.807, 2.05) is 13.0 Å². The molecule has 2 N–H and O–H groups in total. The largest absolute Gasteiger partial charge is 0.491 e. The van der Waals surface area contributed by atoms with Crippen LogP contribution in [-0.2, 0) is 16.1 Å². The molecule has 2 aliphatic rings. The van der Waals surface area contributed by atoms with Crippen molar-refractivity contribution in [3.63, 3.8) is 0 Å². The monoisotopic (exact) mass is 549 g/mol. The van der Waals surface area contributed by atoms with Crippen LogP contribution in [0.15, 0.2) is 47.3 Å². The molecule has 2 aliphatic heterocycles. The Balaban J connectivity index is 1.70. The third-order valence-corrected chi connectivity index (χ3v) is 7.60. The predicted molar refractivity (Wildman–Crippen MR) is 159 cm³/mol. The third kappa shape index (κ3) is 7.47. The molecular weight excluding hydrogens is 506 g/mol. The van der Waals surface area contributed by atoms with Crippen molar-refractivity contribution < 1.29 is 14.3 Å². The van der Waals surface area contributed by atoms with Crippen molar-refractivity contribution in [1.82, 2.24) is 25.3 Å². The SMILES string of the molecule is C=C1/C=C(\C=C/C)C(=O)N(NC)CCCCCOc2cc(CN3CCCC(COC)CC3)cc3[nH]c(=O)c1nc23. The van der Waals surface area contributed by atoms with E-state index in [1.54, 1.807) is 37.4 Å². The second-order valence-electron chi connectivity index (χ2n) is 10.6. The van der Waals surface area contributed by atoms with Gasteiger partial charge in [0, 0.05) is 39.4 Å². The summed E-state index contributed by atoms with van der Waals surface area (Å²) >= 11 is 0. The van der Waals surface area contributed by atoms with Gasteiger partial charge in [-0.15, -0.1) is 0 Å². The van der Waals surface area contributed by atoms with E-state index in [9.17, 15) is 9.59 Å². The van der Waals surface area contributed by atoms with E-state index in [-0.39, 0.29) is 17.2 Å². The summed E-state index contributed by atoms with van der Waals surface area (Å²) in [5.41, 5.74) is 5.91. The number of aromatic nitrogens is 2. The van der Waals surface area contributed by atoms with E-state index >= 15 is 0 Å². The maximum absolute atomic E-state index is 13.2. The fourth-order valence-corrected chi connectivity index (χ4v) is 5.50. The Labute approximate surface area is 236 Å². The smallest absolute Gasteiger partial charge is 0.274 e. The van der Waals surface area contributed by atoms with Gasteiger partial charge in [0.05, 0.1) is 12.1 Å². The normalized spacial score (nSPS) is 21.6. The van der Waals surface area contributed by atoms with Crippen LogP contribution in [0.1, 0.15) is 56.7 Å². The molecule has 0 aliphatic carbocycles. The minimum atomic E-state index is -0.351. The maximum atomic E-state index is 13.2. The minimum absolute atomic E-state index is 0.169. The molecule has 1 atom stereocenters. The van der Waals surface area contributed by atoms with Gasteiger partial charge in [0.1, 0.15) is 17.0 Å². The fourth-order valence-electron chi connectivity index (χ4n) is 5.50. The molecule has 2 aromatic rings. The van der Waals surface area contributed by atoms with Gasteiger partial charge in [0.15, 0.2) is 0 Å². The molecule has 9 heteroatoms. The zero-order valence-corrected chi connectivity index (χ0v) is 24.1. The third-order valence-electron chi connectivity index (χ3n) is 7.60. The number of fused-ring (bicyclic) bond motifs is 1. The molecular formula is C31H43N5O4. The number of amides is 1. The summed E-state index contributed by atoms with van der Waals surface area (Å²) in [5.74, 6) is 1.08. The summed E-state index contributed by atoms with van der Waals surface area (Å²) < 4.78 is 11.7. The summed E-state index contributed by atoms with van der Waals surface area (Å²) in [7, 11) is 3.51. The summed E-state index contributed by atoms with van der Waals surface area (Å²) in [6.07, 6.45) is 11.2. The van der Waals surface area contributed by atoms with Crippen molar-refractivity contribution in [1.29, 1.82) is 0 Å². The minimum Gasteiger partial charge on any atom is -0.491 e. The Bertz CT molecular complexity index is 1310. The molecule has 0 saturated carbocycles. The number of nitrogens with zero attached hydrogens (tertiary/aromatic N) is 3. The number of aromatic amines is 1. The lowest BCUT2D eigenvalue weighted by atomic mass is 10.0. The zero-order valence-electron chi connectivity index (χ0n) is 24.1. The molecule has 216 valence electrons. The van der Waals surface area contributed by atoms with E-state index in [0.29, 0.717) is 47.0 Å². The average molecular weight is 550 g/mol. The lowest BCUT2D eigenvalue weighted by molar-refractivity contribution is -0.129. The molecule has 1 saturated heterocycles. The number of benzene rings is 1. The lowest BCUT2D eigenvalue weighted by Gasteiger charge is -2.22. The quantitative estimate of drug-likeness (QED) is 0.557. The zero-order chi connectivity index (χ0) is 28.5. The first-order valence-corrected chi connectivity index (χ1v) is 14.4. The van der Waals surface area contributed by atoms with Crippen LogP contribution in [0.3, 0.4) is 0 Å². The van der Waals surface area contributed by atoms with Gasteiger partial charge >= 0.3 is 0 Å². The summed E-state index contributed by atoms with van der Waals surface area (Å²) in [6.45, 7) is 10.7. The van der Waals surface area contributed by atoms with Crippen molar-refractivity contribution in [3.05, 3.63) is 64.1 Å². The van der Waals surface area contributed by atoms with Crippen molar-refractivity contribution in [2.24, 2.45) is 5.92 Å². The second-order valence-corrected chi connectivity index (χ2v) is 10.6. The summed E-state index contributed by atoms with van der Waals surface area (Å²) in [4.78, 5) is 36.7. The number of rotatable bonds is 6. The van der Waals surface area contributed by atoms with Gasteiger partial charge in [-0.25, -0.2) is 10.4 Å². The Hall–Kier alpha value is -3.27. The maximum Gasteiger partial charge on any atom is 0.274 e. The number of hydrogen-bond acceptors (Lipinski definition) is 7. The summed E-state index contributed by atoms with van der Waals surface area (Å²) in [5, 5.41) is 1.59. The number of allylic oxidation sites excluding steroid dienone is 3. The highest BCUT2D eigenvalue weighted by atomic mass is 16.5. The number of hydrazine groups is 1. The molecule has 1 aromatic carbocycles. The van der Waals surface area contributed by atoms with Crippen molar-refractivity contribution in [2.45, 2.75) is 52.0 Å². The molecule has 0 radical (unpaired) electrons. The topological polar surface area (TPSA) is 99.8 Å². The Morgan fingerprint density at radius 3 is 2.80 bits per heavy atom. The fraction of sp³-hybridized carbons (Fsp3) is 0.516. The molecule has 1 amide bonds. The van der Waals surface area contributed by atoms with Crippen LogP contribution in [0.25, 0.3) is 16.6 Å². The standard InChI is InChI=1S/C31H43N5O4/c1-5-10-25-17-22(2)28-30(37)33-26-18-24(20-35-13-9-11-23(12-15-35)21-39-4)19-27(29(26)34-28)40-16-8-6-7-14-36(32-3)31(25)38/h5,10,17-19,23,32H,2,6-9,11-16,20-21H2,1,3-4H3,(H,33,37)/b10-5-,25-17+. The number of methoxy groups -OCH3 is 1. The van der Waals surface area contributed by atoms with E-state index in [4.69, 9.17) is 14.5 Å². The molecule has 1 aromatic heterocycles. The number of carbonyl (C=O) groups excluding carboxylic acids is 1. The van der Waals surface area contributed by atoms with E-state index in [0.717, 1.165) is 63.9 Å². The number of nitrogens with one attached hydrogen (secondary N) is 2. The Kier molecular flexibility index (Phi) is 10.7. The highest BCUT2D eigenvalue weighted by Crippen LogP contribution is 2.28. The predicted octanol–water partition coefficient (Wildman–Crippen LogP) is 4.21. The molecule has 9 nitrogen and oxygen atoms in total. The van der Waals surface area contributed by atoms with Crippen molar-refractivity contribution in [3.8, 4) is 5.75 Å². The first kappa shape index (κ1) is 29.7. The van der Waals surface area contributed by atoms with Gasteiger partial charge in [0.25, 0.3) is 11.5 Å². The average Bonchev–Trinajstić information content (AvgIpc) is 3.16. The van der Waals surface area contributed by atoms with Gasteiger partial charge in [-0.3, -0.25) is 19.5 Å². The summed E-state index contributed by atoms with van der Waals surface area (Å²) in [6, 6.07) is 4.06. The van der Waals surface area contributed by atoms with Crippen molar-refractivity contribution in [2.75, 3.05) is 47.0 Å². The van der Waals surface area contributed by atoms with Crippen LogP contribution in [0.4, 0.5) is 0 Å². The highest BCUT2D eigenvalue weighted by Gasteiger charge is 2.20. The molecule has 40 heavy (non-hydrogen) atoms. The van der Waals surface area contributed by atoms with Crippen LogP contribution in [0.5, 0.6) is 5.75 Å². The molecule has 1 fully saturated rings. The van der Waals surface area contributed by atoms with Gasteiger partial charge in [-0.05, 0) is 93.8 Å². The van der Waals surface area contributed by atoms with Crippen LogP contribution < -0.4 is 15.7 Å². The highest BCUT2D eigenvalue weighted by molar-refractivity contribution is 5.98. The van der Waals surface area contributed by atoms with E-state index < -0.39 is 0 Å². The number of hydrogen-bond donors (Lipinski definition) is 2.